The Morgan fingerprint density at radius 2 is 2.17 bits per heavy atom. The summed E-state index contributed by atoms with van der Waals surface area (Å²) in [6.07, 6.45) is 4.55. The van der Waals surface area contributed by atoms with E-state index >= 15 is 0 Å². The molecule has 0 saturated heterocycles. The number of nitrogens with zero attached hydrogens (tertiary/aromatic N) is 4. The summed E-state index contributed by atoms with van der Waals surface area (Å²) in [6.45, 7) is 1.35. The minimum Gasteiger partial charge on any atom is -0.478 e. The molecule has 0 aromatic carbocycles. The van der Waals surface area contributed by atoms with Crippen molar-refractivity contribution in [2.75, 3.05) is 18.2 Å². The van der Waals surface area contributed by atoms with Crippen LogP contribution in [0.15, 0.2) is 24.7 Å². The number of amides is 1. The molecule has 23 heavy (non-hydrogen) atoms. The number of carbonyl (C=O) groups excluding carboxylic acids is 1. The summed E-state index contributed by atoms with van der Waals surface area (Å²) in [4.78, 5) is 23.2. The summed E-state index contributed by atoms with van der Waals surface area (Å²) < 4.78 is 20.7. The molecule has 0 aliphatic rings. The number of nitrogens with one attached hydrogen (secondary N) is 1. The predicted molar refractivity (Wildman–Crippen MR) is 81.4 cm³/mol. The summed E-state index contributed by atoms with van der Waals surface area (Å²) >= 11 is 0. The van der Waals surface area contributed by atoms with E-state index in [1.165, 1.54) is 36.9 Å². The van der Waals surface area contributed by atoms with E-state index in [1.807, 2.05) is 0 Å². The minimum atomic E-state index is -0.559. The van der Waals surface area contributed by atoms with Crippen molar-refractivity contribution < 1.29 is 13.9 Å². The Bertz CT molecular complexity index is 908. The number of anilines is 2. The van der Waals surface area contributed by atoms with Crippen molar-refractivity contribution in [1.82, 2.24) is 19.4 Å². The van der Waals surface area contributed by atoms with Crippen molar-refractivity contribution in [3.63, 3.8) is 0 Å². The molecule has 3 N–H and O–H groups in total. The predicted octanol–water partition coefficient (Wildman–Crippen LogP) is 1.48. The lowest BCUT2D eigenvalue weighted by Crippen LogP contribution is -2.05. The molecule has 0 aliphatic carbocycles. The Balaban J connectivity index is 2.10. The lowest BCUT2D eigenvalue weighted by molar-refractivity contribution is -0.114. The van der Waals surface area contributed by atoms with Crippen molar-refractivity contribution in [3.8, 4) is 17.1 Å². The smallest absolute Gasteiger partial charge is 0.257 e. The molecular weight excluding hydrogens is 303 g/mol. The van der Waals surface area contributed by atoms with Crippen LogP contribution in [0.25, 0.3) is 16.9 Å². The van der Waals surface area contributed by atoms with Gasteiger partial charge in [-0.1, -0.05) is 0 Å². The van der Waals surface area contributed by atoms with Crippen molar-refractivity contribution >= 4 is 23.2 Å². The van der Waals surface area contributed by atoms with Gasteiger partial charge in [-0.05, 0) is 6.07 Å². The molecule has 0 saturated carbocycles. The van der Waals surface area contributed by atoms with Gasteiger partial charge in [0.1, 0.15) is 0 Å². The number of ether oxygens (including phenoxy) is 1. The van der Waals surface area contributed by atoms with Crippen molar-refractivity contribution in [3.05, 3.63) is 30.5 Å². The molecule has 0 bridgehead atoms. The SMILES string of the molecule is COc1nc(-c2cc(F)c3nc(NC(C)=O)cn3c2)cnc1N. The highest BCUT2D eigenvalue weighted by atomic mass is 19.1. The molecule has 8 nitrogen and oxygen atoms in total. The molecule has 0 fully saturated rings. The maximum atomic E-state index is 14.2. The molecule has 0 atom stereocenters. The van der Waals surface area contributed by atoms with Gasteiger partial charge in [0.15, 0.2) is 23.1 Å². The molecule has 1 amide bonds. The summed E-state index contributed by atoms with van der Waals surface area (Å²) in [6, 6.07) is 1.28. The number of carbonyl (C=O) groups is 1. The van der Waals surface area contributed by atoms with E-state index in [-0.39, 0.29) is 29.1 Å². The van der Waals surface area contributed by atoms with Gasteiger partial charge in [0.05, 0.1) is 25.2 Å². The number of hydrogen-bond donors (Lipinski definition) is 2. The van der Waals surface area contributed by atoms with Gasteiger partial charge in [0, 0.05) is 18.7 Å². The van der Waals surface area contributed by atoms with Gasteiger partial charge in [-0.15, -0.1) is 0 Å². The van der Waals surface area contributed by atoms with Crippen LogP contribution in [0.3, 0.4) is 0 Å². The zero-order chi connectivity index (χ0) is 16.6. The van der Waals surface area contributed by atoms with Crippen LogP contribution in [0, 0.1) is 5.82 Å². The molecule has 3 aromatic rings. The van der Waals surface area contributed by atoms with Crippen LogP contribution >= 0.6 is 0 Å². The lowest BCUT2D eigenvalue weighted by Gasteiger charge is -2.06. The maximum absolute atomic E-state index is 14.2. The number of aromatic nitrogens is 4. The van der Waals surface area contributed by atoms with Crippen LogP contribution < -0.4 is 15.8 Å². The van der Waals surface area contributed by atoms with Gasteiger partial charge < -0.3 is 20.2 Å². The van der Waals surface area contributed by atoms with Gasteiger partial charge >= 0.3 is 0 Å². The highest BCUT2D eigenvalue weighted by Gasteiger charge is 2.13. The molecular formula is C14H13FN6O2. The third-order valence-electron chi connectivity index (χ3n) is 3.07. The molecule has 3 rings (SSSR count). The second-order valence-electron chi connectivity index (χ2n) is 4.76. The summed E-state index contributed by atoms with van der Waals surface area (Å²) in [7, 11) is 1.42. The molecule has 3 aromatic heterocycles. The first-order chi connectivity index (χ1) is 11.0. The van der Waals surface area contributed by atoms with E-state index in [2.05, 4.69) is 20.3 Å². The topological polar surface area (TPSA) is 107 Å². The van der Waals surface area contributed by atoms with E-state index in [0.717, 1.165) is 0 Å². The molecule has 0 spiro atoms. The number of pyridine rings is 1. The van der Waals surface area contributed by atoms with E-state index in [9.17, 15) is 9.18 Å². The fourth-order valence-electron chi connectivity index (χ4n) is 2.11. The van der Waals surface area contributed by atoms with Crippen molar-refractivity contribution in [2.24, 2.45) is 0 Å². The Hall–Kier alpha value is -3.23. The van der Waals surface area contributed by atoms with E-state index in [0.29, 0.717) is 11.3 Å². The number of fused-ring (bicyclic) bond motifs is 1. The average molecular weight is 316 g/mol. The zero-order valence-electron chi connectivity index (χ0n) is 12.4. The number of nitrogen functional groups attached to an aromatic ring is 1. The number of halogens is 1. The number of methoxy groups -OCH3 is 1. The second kappa shape index (κ2) is 5.52. The highest BCUT2D eigenvalue weighted by molar-refractivity contribution is 5.87. The number of rotatable bonds is 3. The molecule has 118 valence electrons. The quantitative estimate of drug-likeness (QED) is 0.758. The molecule has 0 unspecified atom stereocenters. The van der Waals surface area contributed by atoms with E-state index in [1.54, 1.807) is 6.20 Å². The summed E-state index contributed by atoms with van der Waals surface area (Å²) in [5.41, 5.74) is 6.57. The Kier molecular flexibility index (Phi) is 3.53. The molecule has 9 heteroatoms. The largest absolute Gasteiger partial charge is 0.478 e. The summed E-state index contributed by atoms with van der Waals surface area (Å²) in [5.74, 6) is -0.282. The third-order valence-corrected chi connectivity index (χ3v) is 3.07. The van der Waals surface area contributed by atoms with Gasteiger partial charge in [-0.2, -0.15) is 0 Å². The van der Waals surface area contributed by atoms with Crippen LogP contribution in [-0.2, 0) is 4.79 Å². The number of hydrogen-bond acceptors (Lipinski definition) is 6. The van der Waals surface area contributed by atoms with Crippen LogP contribution in [0.1, 0.15) is 6.92 Å². The van der Waals surface area contributed by atoms with E-state index in [4.69, 9.17) is 10.5 Å². The van der Waals surface area contributed by atoms with Crippen molar-refractivity contribution in [1.29, 1.82) is 0 Å². The molecule has 0 radical (unpaired) electrons. The van der Waals surface area contributed by atoms with Gasteiger partial charge in [-0.25, -0.2) is 19.3 Å². The average Bonchev–Trinajstić information content (AvgIpc) is 2.90. The monoisotopic (exact) mass is 316 g/mol. The first-order valence-electron chi connectivity index (χ1n) is 6.60. The number of imidazole rings is 1. The molecule has 0 aliphatic heterocycles. The first-order valence-corrected chi connectivity index (χ1v) is 6.60. The van der Waals surface area contributed by atoms with E-state index < -0.39 is 5.82 Å². The number of nitrogens with two attached hydrogens (primary N) is 1. The Labute approximate surface area is 130 Å². The standard InChI is InChI=1S/C14H13FN6O2/c1-7(22)18-11-6-21-5-8(3-9(15)13(21)20-11)10-4-17-12(16)14(19-10)23-2/h3-6H,1-2H3,(H2,16,17)(H,18,22). The van der Waals surface area contributed by atoms with Gasteiger partial charge in [-0.3, -0.25) is 4.79 Å². The van der Waals surface area contributed by atoms with Gasteiger partial charge in [0.25, 0.3) is 5.88 Å². The first kappa shape index (κ1) is 14.7. The van der Waals surface area contributed by atoms with Crippen LogP contribution in [0.4, 0.5) is 16.0 Å². The Morgan fingerprint density at radius 3 is 2.87 bits per heavy atom. The normalized spacial score (nSPS) is 10.7. The zero-order valence-corrected chi connectivity index (χ0v) is 12.4. The molecule has 3 heterocycles. The highest BCUT2D eigenvalue weighted by Crippen LogP contribution is 2.25. The van der Waals surface area contributed by atoms with Gasteiger partial charge in [0.2, 0.25) is 5.91 Å². The van der Waals surface area contributed by atoms with Crippen LogP contribution in [0.5, 0.6) is 5.88 Å². The lowest BCUT2D eigenvalue weighted by atomic mass is 10.2. The summed E-state index contributed by atoms with van der Waals surface area (Å²) in [5, 5.41) is 2.50. The second-order valence-corrected chi connectivity index (χ2v) is 4.76. The van der Waals surface area contributed by atoms with Crippen LogP contribution in [-0.4, -0.2) is 32.4 Å². The fraction of sp³-hybridized carbons (Fsp3) is 0.143. The maximum Gasteiger partial charge on any atom is 0.257 e. The minimum absolute atomic E-state index is 0.0906. The van der Waals surface area contributed by atoms with Crippen LogP contribution in [0.2, 0.25) is 0 Å². The third kappa shape index (κ3) is 2.76. The fourth-order valence-corrected chi connectivity index (χ4v) is 2.11. The Morgan fingerprint density at radius 1 is 1.39 bits per heavy atom. The van der Waals surface area contributed by atoms with Crippen molar-refractivity contribution in [2.45, 2.75) is 6.92 Å².